The summed E-state index contributed by atoms with van der Waals surface area (Å²) >= 11 is 0. The first-order valence-electron chi connectivity index (χ1n) is 32.9. The van der Waals surface area contributed by atoms with E-state index in [9.17, 15) is 0 Å². The van der Waals surface area contributed by atoms with Gasteiger partial charge in [-0.3, -0.25) is 0 Å². The molecule has 0 N–H and O–H groups in total. The van der Waals surface area contributed by atoms with E-state index in [1.807, 2.05) is 48.8 Å². The topological polar surface area (TPSA) is 66.9 Å². The van der Waals surface area contributed by atoms with Crippen LogP contribution in [-0.2, 0) is 10.8 Å². The monoisotopic (exact) mass is 1230 g/mol. The van der Waals surface area contributed by atoms with Crippen LogP contribution in [0, 0.1) is 0 Å². The summed E-state index contributed by atoms with van der Waals surface area (Å²) in [7, 11) is 0. The zero-order valence-electron chi connectivity index (χ0n) is 53.6. The van der Waals surface area contributed by atoms with Gasteiger partial charge < -0.3 is 18.6 Å². The fraction of sp³-hybridized carbons (Fsp3) is 0.0682. The number of nitrogens with zero attached hydrogens (tertiary/aromatic N) is 8. The van der Waals surface area contributed by atoms with Gasteiger partial charge in [0, 0.05) is 103 Å². The van der Waals surface area contributed by atoms with Gasteiger partial charge in [-0.25, -0.2) is 19.9 Å². The summed E-state index contributed by atoms with van der Waals surface area (Å²) in [6, 6.07) is 105. The van der Waals surface area contributed by atoms with Crippen LogP contribution in [0.25, 0.3) is 112 Å². The van der Waals surface area contributed by atoms with Crippen molar-refractivity contribution in [1.82, 2.24) is 28.7 Å². The SMILES string of the molecule is CC1(C)c2ccccc2-c2ccc(-c3ccc(-c4ccc5c(c4)C(C)(C)c4ccccc4-5)c4nc(-c5ccc(N(c6ccccc6)c6ccc(-c7cn8ccccc8n7)cc6)cc5)c(-c5ccc(N(c6ccccc6)c6ccc(-c7cn8ccccc8n7)cc6)cc5)nc34)cc21. The minimum atomic E-state index is -0.204. The molecule has 0 spiro atoms. The molecule has 8 nitrogen and oxygen atoms in total. The zero-order chi connectivity index (χ0) is 64.2. The second kappa shape index (κ2) is 22.2. The average molecular weight is 1230 g/mol. The molecule has 5 aromatic heterocycles. The fourth-order valence-electron chi connectivity index (χ4n) is 15.0. The van der Waals surface area contributed by atoms with Crippen LogP contribution in [0.4, 0.5) is 34.1 Å². The third-order valence-electron chi connectivity index (χ3n) is 20.0. The lowest BCUT2D eigenvalue weighted by molar-refractivity contribution is 0.660. The van der Waals surface area contributed by atoms with E-state index >= 15 is 0 Å². The Bertz CT molecular complexity index is 5270. The fourth-order valence-corrected chi connectivity index (χ4v) is 15.0. The number of aromatic nitrogens is 6. The van der Waals surface area contributed by atoms with E-state index in [-0.39, 0.29) is 10.8 Å². The minimum Gasteiger partial charge on any atom is -0.311 e. The number of imidazole rings is 2. The average Bonchev–Trinajstić information content (AvgIpc) is 1.03. The molecule has 11 aromatic carbocycles. The number of anilines is 6. The highest BCUT2D eigenvalue weighted by Crippen LogP contribution is 2.53. The second-order valence-electron chi connectivity index (χ2n) is 26.4. The minimum absolute atomic E-state index is 0.204. The van der Waals surface area contributed by atoms with Crippen molar-refractivity contribution in [2.24, 2.45) is 0 Å². The summed E-state index contributed by atoms with van der Waals surface area (Å²) in [5.41, 5.74) is 31.3. The van der Waals surface area contributed by atoms with Crippen molar-refractivity contribution >= 4 is 56.5 Å². The van der Waals surface area contributed by atoms with Crippen molar-refractivity contribution in [2.75, 3.05) is 9.80 Å². The van der Waals surface area contributed by atoms with Crippen molar-refractivity contribution in [1.29, 1.82) is 0 Å². The van der Waals surface area contributed by atoms with Gasteiger partial charge in [-0.2, -0.15) is 0 Å². The molecule has 8 heteroatoms. The van der Waals surface area contributed by atoms with E-state index < -0.39 is 0 Å². The largest absolute Gasteiger partial charge is 0.311 e. The van der Waals surface area contributed by atoms with Crippen LogP contribution < -0.4 is 9.80 Å². The molecule has 2 aliphatic rings. The van der Waals surface area contributed by atoms with Crippen LogP contribution in [0.1, 0.15) is 49.9 Å². The summed E-state index contributed by atoms with van der Waals surface area (Å²) in [5.74, 6) is 0. The number of para-hydroxylation sites is 2. The Labute approximate surface area is 558 Å². The molecule has 2 aliphatic carbocycles. The normalized spacial score (nSPS) is 13.2. The van der Waals surface area contributed by atoms with Gasteiger partial charge in [0.25, 0.3) is 0 Å². The maximum Gasteiger partial charge on any atom is 0.137 e. The van der Waals surface area contributed by atoms with Crippen LogP contribution in [0.2, 0.25) is 0 Å². The van der Waals surface area contributed by atoms with Gasteiger partial charge in [0.2, 0.25) is 0 Å². The number of fused-ring (bicyclic) bond motifs is 9. The summed E-state index contributed by atoms with van der Waals surface area (Å²) in [4.78, 5) is 26.6. The molecule has 96 heavy (non-hydrogen) atoms. The van der Waals surface area contributed by atoms with Crippen molar-refractivity contribution in [3.8, 4) is 89.5 Å². The van der Waals surface area contributed by atoms with Gasteiger partial charge in [-0.15, -0.1) is 0 Å². The highest BCUT2D eigenvalue weighted by Gasteiger charge is 2.37. The van der Waals surface area contributed by atoms with Crippen molar-refractivity contribution in [3.05, 3.63) is 338 Å². The van der Waals surface area contributed by atoms with E-state index in [0.717, 1.165) is 124 Å². The van der Waals surface area contributed by atoms with Crippen LogP contribution >= 0.6 is 0 Å². The highest BCUT2D eigenvalue weighted by atomic mass is 15.1. The molecule has 5 heterocycles. The standard InChI is InChI=1S/C88H64N8/c1-87(2)75-25-13-11-23-71(75)73-47-37-61(53-77(73)87)69-49-50-70(62-38-48-74-72-24-12-14-26-76(72)88(3,4)78(74)54-62)86-85(69)91-83(59-33-43-67(44-34-59)95(63-19-7-5-8-20-63)65-39-29-57(30-40-65)79-55-93-51-17-15-27-81(93)89-79)84(92-86)60-35-45-68(46-36-60)96(64-21-9-6-10-22-64)66-41-31-58(32-42-66)80-56-94-52-18-16-28-82(94)90-80/h5-56H,1-4H3. The number of rotatable bonds is 12. The van der Waals surface area contributed by atoms with Crippen molar-refractivity contribution in [3.63, 3.8) is 0 Å². The first-order chi connectivity index (χ1) is 47.1. The second-order valence-corrected chi connectivity index (χ2v) is 26.4. The van der Waals surface area contributed by atoms with Gasteiger partial charge in [0.1, 0.15) is 11.3 Å². The van der Waals surface area contributed by atoms with E-state index in [1.54, 1.807) is 0 Å². The van der Waals surface area contributed by atoms with Gasteiger partial charge >= 0.3 is 0 Å². The summed E-state index contributed by atoms with van der Waals surface area (Å²) in [5, 5.41) is 0. The van der Waals surface area contributed by atoms with Crippen LogP contribution in [0.15, 0.2) is 316 Å². The lowest BCUT2D eigenvalue weighted by Gasteiger charge is -2.26. The van der Waals surface area contributed by atoms with Crippen LogP contribution in [0.3, 0.4) is 0 Å². The zero-order valence-corrected chi connectivity index (χ0v) is 53.6. The van der Waals surface area contributed by atoms with E-state index in [4.69, 9.17) is 19.9 Å². The Kier molecular flexibility index (Phi) is 13.1. The summed E-state index contributed by atoms with van der Waals surface area (Å²) in [6.45, 7) is 9.41. The maximum atomic E-state index is 6.03. The summed E-state index contributed by atoms with van der Waals surface area (Å²) in [6.07, 6.45) is 8.25. The van der Waals surface area contributed by atoms with Gasteiger partial charge in [0.15, 0.2) is 0 Å². The molecule has 0 radical (unpaired) electrons. The van der Waals surface area contributed by atoms with Crippen LogP contribution in [-0.4, -0.2) is 28.7 Å². The molecule has 0 amide bonds. The van der Waals surface area contributed by atoms with Crippen molar-refractivity contribution < 1.29 is 0 Å². The molecule has 0 aliphatic heterocycles. The first-order valence-corrected chi connectivity index (χ1v) is 32.9. The lowest BCUT2D eigenvalue weighted by atomic mass is 9.81. The smallest absolute Gasteiger partial charge is 0.137 e. The summed E-state index contributed by atoms with van der Waals surface area (Å²) < 4.78 is 4.13. The quantitative estimate of drug-likeness (QED) is 0.121. The molecular formula is C88H64N8. The molecule has 0 saturated carbocycles. The molecule has 456 valence electrons. The third-order valence-corrected chi connectivity index (χ3v) is 20.0. The molecule has 16 aromatic rings. The van der Waals surface area contributed by atoms with Gasteiger partial charge in [0.05, 0.1) is 33.8 Å². The number of benzene rings is 11. The third kappa shape index (κ3) is 9.35. The van der Waals surface area contributed by atoms with Gasteiger partial charge in [-0.1, -0.05) is 210 Å². The molecule has 0 atom stereocenters. The van der Waals surface area contributed by atoms with Crippen LogP contribution in [0.5, 0.6) is 0 Å². The number of hydrogen-bond acceptors (Lipinski definition) is 6. The van der Waals surface area contributed by atoms with E-state index in [1.165, 1.54) is 44.5 Å². The predicted octanol–water partition coefficient (Wildman–Crippen LogP) is 22.5. The highest BCUT2D eigenvalue weighted by molar-refractivity contribution is 6.04. The van der Waals surface area contributed by atoms with E-state index in [0.29, 0.717) is 0 Å². The Morgan fingerprint density at radius 1 is 0.260 bits per heavy atom. The Morgan fingerprint density at radius 2 is 0.573 bits per heavy atom. The molecule has 18 rings (SSSR count). The number of pyridine rings is 2. The number of hydrogen-bond donors (Lipinski definition) is 0. The first kappa shape index (κ1) is 56.5. The molecular weight excluding hydrogens is 1170 g/mol. The van der Waals surface area contributed by atoms with E-state index in [2.05, 4.69) is 313 Å². The van der Waals surface area contributed by atoms with Crippen molar-refractivity contribution in [2.45, 2.75) is 38.5 Å². The Morgan fingerprint density at radius 3 is 0.958 bits per heavy atom. The molecule has 0 fully saturated rings. The lowest BCUT2D eigenvalue weighted by Crippen LogP contribution is -2.15. The Hall–Kier alpha value is -12.3. The Balaban J connectivity index is 0.813. The van der Waals surface area contributed by atoms with Gasteiger partial charge in [-0.05, 0) is 165 Å². The molecule has 0 saturated heterocycles. The molecule has 0 bridgehead atoms. The molecule has 0 unspecified atom stereocenters. The predicted molar refractivity (Wildman–Crippen MR) is 394 cm³/mol. The maximum absolute atomic E-state index is 6.03.